The van der Waals surface area contributed by atoms with Crippen LogP contribution in [0.1, 0.15) is 18.4 Å². The van der Waals surface area contributed by atoms with Crippen molar-refractivity contribution in [3.05, 3.63) is 35.9 Å². The lowest BCUT2D eigenvalue weighted by Gasteiger charge is -2.15. The van der Waals surface area contributed by atoms with E-state index in [0.29, 0.717) is 19.4 Å². The molecule has 0 aliphatic rings. The second kappa shape index (κ2) is 10.1. The summed E-state index contributed by atoms with van der Waals surface area (Å²) < 4.78 is 0. The van der Waals surface area contributed by atoms with Crippen molar-refractivity contribution in [2.24, 2.45) is 0 Å². The predicted octanol–water partition coefficient (Wildman–Crippen LogP) is 2.12. The highest BCUT2D eigenvalue weighted by Crippen LogP contribution is 2.05. The number of amides is 2. The van der Waals surface area contributed by atoms with Gasteiger partial charge < -0.3 is 15.7 Å². The molecule has 1 atom stereocenters. The van der Waals surface area contributed by atoms with Gasteiger partial charge in [-0.25, -0.2) is 9.59 Å². The van der Waals surface area contributed by atoms with Gasteiger partial charge in [0.05, 0.1) is 0 Å². The van der Waals surface area contributed by atoms with Crippen molar-refractivity contribution >= 4 is 23.8 Å². The molecule has 0 heterocycles. The molecule has 21 heavy (non-hydrogen) atoms. The Bertz CT molecular complexity index is 440. The van der Waals surface area contributed by atoms with E-state index in [1.165, 1.54) is 0 Å². The van der Waals surface area contributed by atoms with Gasteiger partial charge >= 0.3 is 12.0 Å². The van der Waals surface area contributed by atoms with Crippen LogP contribution in [0.5, 0.6) is 0 Å². The molecule has 116 valence electrons. The third-order valence-electron chi connectivity index (χ3n) is 2.98. The molecule has 0 unspecified atom stereocenters. The summed E-state index contributed by atoms with van der Waals surface area (Å²) in [6.07, 6.45) is 3.86. The van der Waals surface area contributed by atoms with Gasteiger partial charge in [-0.1, -0.05) is 30.3 Å². The largest absolute Gasteiger partial charge is 0.480 e. The summed E-state index contributed by atoms with van der Waals surface area (Å²) in [5, 5.41) is 14.3. The van der Waals surface area contributed by atoms with E-state index in [1.54, 1.807) is 11.8 Å². The number of nitrogens with one attached hydrogen (secondary N) is 2. The molecule has 0 spiro atoms. The highest BCUT2D eigenvalue weighted by molar-refractivity contribution is 7.98. The van der Waals surface area contributed by atoms with Crippen LogP contribution < -0.4 is 10.6 Å². The molecule has 6 heteroatoms. The van der Waals surface area contributed by atoms with Crippen molar-refractivity contribution in [2.45, 2.75) is 25.3 Å². The summed E-state index contributed by atoms with van der Waals surface area (Å²) in [5.74, 6) is -0.0402. The molecule has 0 aliphatic heterocycles. The van der Waals surface area contributed by atoms with Crippen LogP contribution in [-0.4, -0.2) is 41.7 Å². The number of hydrogen-bond acceptors (Lipinski definition) is 3. The van der Waals surface area contributed by atoms with E-state index >= 15 is 0 Å². The van der Waals surface area contributed by atoms with Crippen LogP contribution in [0.15, 0.2) is 30.3 Å². The average Bonchev–Trinajstić information content (AvgIpc) is 2.48. The second-order valence-corrected chi connectivity index (χ2v) is 5.65. The maximum Gasteiger partial charge on any atom is 0.326 e. The van der Waals surface area contributed by atoms with E-state index < -0.39 is 18.0 Å². The number of rotatable bonds is 9. The number of carbonyl (C=O) groups excluding carboxylic acids is 1. The molecule has 2 amide bonds. The molecule has 5 nitrogen and oxygen atoms in total. The molecule has 3 N–H and O–H groups in total. The summed E-state index contributed by atoms with van der Waals surface area (Å²) in [6.45, 7) is 0.553. The summed E-state index contributed by atoms with van der Waals surface area (Å²) in [7, 11) is 0. The molecule has 0 saturated heterocycles. The summed E-state index contributed by atoms with van der Waals surface area (Å²) in [6, 6.07) is 8.34. The first-order chi connectivity index (χ1) is 10.1. The zero-order chi connectivity index (χ0) is 15.5. The van der Waals surface area contributed by atoms with Crippen molar-refractivity contribution < 1.29 is 14.7 Å². The van der Waals surface area contributed by atoms with E-state index in [-0.39, 0.29) is 0 Å². The fourth-order valence-electron chi connectivity index (χ4n) is 1.84. The van der Waals surface area contributed by atoms with Crippen LogP contribution in [0.3, 0.4) is 0 Å². The number of thioether (sulfide) groups is 1. The van der Waals surface area contributed by atoms with Gasteiger partial charge in [-0.05, 0) is 36.8 Å². The average molecular weight is 310 g/mol. The molecule has 0 bridgehead atoms. The van der Waals surface area contributed by atoms with E-state index in [1.807, 2.05) is 36.6 Å². The molecule has 1 aromatic rings. The minimum absolute atomic E-state index is 0.373. The standard InChI is InChI=1S/C15H22N2O3S/c1-21-11-5-10-16-15(20)17-13(14(18)19)9-8-12-6-3-2-4-7-12/h2-4,6-7,13H,5,8-11H2,1H3,(H,18,19)(H2,16,17,20)/t13-/m0/s1. The van der Waals surface area contributed by atoms with Crippen LogP contribution in [0, 0.1) is 0 Å². The van der Waals surface area contributed by atoms with E-state index in [9.17, 15) is 9.59 Å². The fraction of sp³-hybridized carbons (Fsp3) is 0.467. The number of hydrogen-bond donors (Lipinski definition) is 3. The molecule has 0 aliphatic carbocycles. The summed E-state index contributed by atoms with van der Waals surface area (Å²) in [5.41, 5.74) is 1.06. The third kappa shape index (κ3) is 7.60. The number of urea groups is 1. The molecule has 0 saturated carbocycles. The maximum absolute atomic E-state index is 11.6. The number of aryl methyl sites for hydroxylation is 1. The Labute approximate surface area is 129 Å². The van der Waals surface area contributed by atoms with E-state index in [2.05, 4.69) is 10.6 Å². The number of carbonyl (C=O) groups is 2. The Hall–Kier alpha value is -1.69. The van der Waals surface area contributed by atoms with Gasteiger partial charge in [0.2, 0.25) is 0 Å². The molecule has 0 radical (unpaired) electrons. The molecule has 1 rings (SSSR count). The smallest absolute Gasteiger partial charge is 0.326 e. The Kier molecular flexibility index (Phi) is 8.35. The van der Waals surface area contributed by atoms with Crippen LogP contribution >= 0.6 is 11.8 Å². The van der Waals surface area contributed by atoms with Crippen LogP contribution in [0.4, 0.5) is 4.79 Å². The zero-order valence-electron chi connectivity index (χ0n) is 12.2. The highest BCUT2D eigenvalue weighted by atomic mass is 32.2. The minimum atomic E-state index is -1.01. The number of carboxylic acid groups (broad SMARTS) is 1. The lowest BCUT2D eigenvalue weighted by Crippen LogP contribution is -2.46. The van der Waals surface area contributed by atoms with Crippen molar-refractivity contribution in [1.29, 1.82) is 0 Å². The van der Waals surface area contributed by atoms with Gasteiger partial charge in [0, 0.05) is 6.54 Å². The van der Waals surface area contributed by atoms with Gasteiger partial charge in [0.1, 0.15) is 6.04 Å². The predicted molar refractivity (Wildman–Crippen MR) is 85.7 cm³/mol. The normalized spacial score (nSPS) is 11.7. The minimum Gasteiger partial charge on any atom is -0.480 e. The first kappa shape index (κ1) is 17.4. The van der Waals surface area contributed by atoms with E-state index in [0.717, 1.165) is 17.7 Å². The van der Waals surface area contributed by atoms with Crippen molar-refractivity contribution in [2.75, 3.05) is 18.6 Å². The number of benzene rings is 1. The Morgan fingerprint density at radius 3 is 2.62 bits per heavy atom. The lowest BCUT2D eigenvalue weighted by atomic mass is 10.1. The van der Waals surface area contributed by atoms with Gasteiger partial charge in [0.15, 0.2) is 0 Å². The number of carboxylic acids is 1. The van der Waals surface area contributed by atoms with Gasteiger partial charge in [-0.3, -0.25) is 0 Å². The van der Waals surface area contributed by atoms with Crippen LogP contribution in [0.2, 0.25) is 0 Å². The maximum atomic E-state index is 11.6. The summed E-state index contributed by atoms with van der Waals surface area (Å²) in [4.78, 5) is 22.8. The molecule has 1 aromatic carbocycles. The fourth-order valence-corrected chi connectivity index (χ4v) is 2.27. The Morgan fingerprint density at radius 2 is 2.00 bits per heavy atom. The van der Waals surface area contributed by atoms with Crippen LogP contribution in [0.25, 0.3) is 0 Å². The van der Waals surface area contributed by atoms with Crippen molar-refractivity contribution in [1.82, 2.24) is 10.6 Å². The monoisotopic (exact) mass is 310 g/mol. The second-order valence-electron chi connectivity index (χ2n) is 4.66. The summed E-state index contributed by atoms with van der Waals surface area (Å²) >= 11 is 1.71. The number of aliphatic carboxylic acids is 1. The Morgan fingerprint density at radius 1 is 1.29 bits per heavy atom. The quantitative estimate of drug-likeness (QED) is 0.611. The SMILES string of the molecule is CSCCCNC(=O)N[C@@H](CCc1ccccc1)C(=O)O. The van der Waals surface area contributed by atoms with Gasteiger partial charge in [-0.2, -0.15) is 11.8 Å². The topological polar surface area (TPSA) is 78.4 Å². The van der Waals surface area contributed by atoms with Gasteiger partial charge in [-0.15, -0.1) is 0 Å². The molecule has 0 aromatic heterocycles. The van der Waals surface area contributed by atoms with Gasteiger partial charge in [0.25, 0.3) is 0 Å². The van der Waals surface area contributed by atoms with Crippen molar-refractivity contribution in [3.8, 4) is 0 Å². The molecular weight excluding hydrogens is 288 g/mol. The van der Waals surface area contributed by atoms with Crippen LogP contribution in [-0.2, 0) is 11.2 Å². The first-order valence-corrected chi connectivity index (χ1v) is 8.33. The lowest BCUT2D eigenvalue weighted by molar-refractivity contribution is -0.139. The molecular formula is C15H22N2O3S. The third-order valence-corrected chi connectivity index (χ3v) is 3.68. The van der Waals surface area contributed by atoms with E-state index in [4.69, 9.17) is 5.11 Å². The zero-order valence-corrected chi connectivity index (χ0v) is 13.0. The Balaban J connectivity index is 2.35. The van der Waals surface area contributed by atoms with Crippen molar-refractivity contribution in [3.63, 3.8) is 0 Å². The first-order valence-electron chi connectivity index (χ1n) is 6.93. The molecule has 0 fully saturated rings. The highest BCUT2D eigenvalue weighted by Gasteiger charge is 2.19.